The molecule has 0 radical (unpaired) electrons. The van der Waals surface area contributed by atoms with Crippen molar-refractivity contribution in [2.45, 2.75) is 19.3 Å². The zero-order valence-electron chi connectivity index (χ0n) is 13.4. The quantitative estimate of drug-likeness (QED) is 0.775. The Balaban J connectivity index is 2.29. The fraction of sp³-hybridized carbons (Fsp3) is 0.222. The van der Waals surface area contributed by atoms with Crippen molar-refractivity contribution >= 4 is 11.6 Å². The van der Waals surface area contributed by atoms with Gasteiger partial charge in [-0.1, -0.05) is 6.92 Å². The number of hydrogen-bond donors (Lipinski definition) is 1. The number of hydrogen-bond acceptors (Lipinski definition) is 3. The second-order valence-corrected chi connectivity index (χ2v) is 5.45. The van der Waals surface area contributed by atoms with Gasteiger partial charge in [0.05, 0.1) is 24.4 Å². The Kier molecular flexibility index (Phi) is 4.20. The fourth-order valence-electron chi connectivity index (χ4n) is 2.81. The number of methoxy groups -OCH3 is 1. The van der Waals surface area contributed by atoms with Gasteiger partial charge in [-0.15, -0.1) is 0 Å². The molecule has 6 heteroatoms. The highest BCUT2D eigenvalue weighted by Crippen LogP contribution is 2.33. The number of fused-ring (bicyclic) bond motifs is 1. The molecule has 0 aliphatic carbocycles. The van der Waals surface area contributed by atoms with Crippen LogP contribution in [0.5, 0.6) is 5.75 Å². The van der Waals surface area contributed by atoms with E-state index in [0.29, 0.717) is 34.8 Å². The summed E-state index contributed by atoms with van der Waals surface area (Å²) in [5.41, 5.74) is 2.38. The molecule has 0 spiro atoms. The Morgan fingerprint density at radius 3 is 2.62 bits per heavy atom. The topological polar surface area (TPSA) is 63.8 Å². The summed E-state index contributed by atoms with van der Waals surface area (Å²) >= 11 is 0. The molecule has 0 amide bonds. The first-order valence-electron chi connectivity index (χ1n) is 7.60. The number of benzene rings is 1. The standard InChI is InChI=1S/C18H17FN2O3/c1-3-14(18(22)23)17-16(11-4-6-12(19)7-5-11)20-15-10-13(24-2)8-9-21(15)17/h4-10,14H,3H2,1-2H3,(H,22,23). The van der Waals surface area contributed by atoms with Gasteiger partial charge in [0, 0.05) is 17.8 Å². The van der Waals surface area contributed by atoms with E-state index in [0.717, 1.165) is 0 Å². The predicted octanol–water partition coefficient (Wildman–Crippen LogP) is 3.73. The maximum Gasteiger partial charge on any atom is 0.312 e. The van der Waals surface area contributed by atoms with Crippen LogP contribution in [0.3, 0.4) is 0 Å². The van der Waals surface area contributed by atoms with Crippen molar-refractivity contribution in [2.75, 3.05) is 7.11 Å². The number of carbonyl (C=O) groups is 1. The molecule has 0 saturated carbocycles. The number of pyridine rings is 1. The number of aromatic nitrogens is 2. The van der Waals surface area contributed by atoms with E-state index in [9.17, 15) is 14.3 Å². The van der Waals surface area contributed by atoms with Gasteiger partial charge in [0.1, 0.15) is 17.2 Å². The smallest absolute Gasteiger partial charge is 0.312 e. The molecule has 24 heavy (non-hydrogen) atoms. The first kappa shape index (κ1) is 16.0. The number of carboxylic acid groups (broad SMARTS) is 1. The van der Waals surface area contributed by atoms with E-state index in [-0.39, 0.29) is 5.82 Å². The molecule has 0 aliphatic heterocycles. The molecule has 2 aromatic heterocycles. The first-order chi connectivity index (χ1) is 11.5. The van der Waals surface area contributed by atoms with Crippen molar-refractivity contribution in [3.63, 3.8) is 0 Å². The summed E-state index contributed by atoms with van der Waals surface area (Å²) in [6.07, 6.45) is 2.17. The number of carboxylic acids is 1. The number of ether oxygens (including phenoxy) is 1. The molecule has 1 unspecified atom stereocenters. The predicted molar refractivity (Wildman–Crippen MR) is 87.8 cm³/mol. The van der Waals surface area contributed by atoms with Crippen molar-refractivity contribution in [1.82, 2.24) is 9.38 Å². The van der Waals surface area contributed by atoms with Crippen molar-refractivity contribution < 1.29 is 19.0 Å². The summed E-state index contributed by atoms with van der Waals surface area (Å²) in [5.74, 6) is -1.35. The van der Waals surface area contributed by atoms with Gasteiger partial charge in [-0.05, 0) is 36.8 Å². The van der Waals surface area contributed by atoms with Gasteiger partial charge in [0.25, 0.3) is 0 Å². The number of nitrogens with zero attached hydrogens (tertiary/aromatic N) is 2. The third kappa shape index (κ3) is 2.71. The van der Waals surface area contributed by atoms with Crippen molar-refractivity contribution in [1.29, 1.82) is 0 Å². The minimum Gasteiger partial charge on any atom is -0.497 e. The summed E-state index contributed by atoms with van der Waals surface area (Å²) in [5, 5.41) is 9.59. The van der Waals surface area contributed by atoms with Crippen LogP contribution in [-0.2, 0) is 4.79 Å². The van der Waals surface area contributed by atoms with Crippen molar-refractivity contribution in [3.8, 4) is 17.0 Å². The van der Waals surface area contributed by atoms with E-state index >= 15 is 0 Å². The molecule has 124 valence electrons. The molecule has 5 nitrogen and oxygen atoms in total. The first-order valence-corrected chi connectivity index (χ1v) is 7.60. The number of halogens is 1. The number of aliphatic carboxylic acids is 1. The molecule has 2 heterocycles. The van der Waals surface area contributed by atoms with Gasteiger partial charge in [-0.2, -0.15) is 0 Å². The molecule has 1 N–H and O–H groups in total. The fourth-order valence-corrected chi connectivity index (χ4v) is 2.81. The van der Waals surface area contributed by atoms with Gasteiger partial charge >= 0.3 is 5.97 Å². The van der Waals surface area contributed by atoms with Crippen LogP contribution in [-0.4, -0.2) is 27.6 Å². The number of rotatable bonds is 5. The van der Waals surface area contributed by atoms with Gasteiger partial charge < -0.3 is 14.2 Å². The molecule has 1 aromatic carbocycles. The van der Waals surface area contributed by atoms with Crippen LogP contribution in [0.4, 0.5) is 4.39 Å². The Bertz CT molecular complexity index is 887. The highest BCUT2D eigenvalue weighted by atomic mass is 19.1. The highest BCUT2D eigenvalue weighted by molar-refractivity contribution is 5.80. The van der Waals surface area contributed by atoms with Crippen LogP contribution in [0.2, 0.25) is 0 Å². The van der Waals surface area contributed by atoms with Crippen LogP contribution < -0.4 is 4.74 Å². The molecule has 0 bridgehead atoms. The Morgan fingerprint density at radius 2 is 2.04 bits per heavy atom. The van der Waals surface area contributed by atoms with Gasteiger partial charge in [0.15, 0.2) is 0 Å². The van der Waals surface area contributed by atoms with E-state index < -0.39 is 11.9 Å². The number of imidazole rings is 1. The lowest BCUT2D eigenvalue weighted by Gasteiger charge is -2.12. The maximum atomic E-state index is 13.2. The summed E-state index contributed by atoms with van der Waals surface area (Å²) in [6, 6.07) is 9.38. The van der Waals surface area contributed by atoms with Crippen LogP contribution >= 0.6 is 0 Å². The summed E-state index contributed by atoms with van der Waals surface area (Å²) < 4.78 is 20.2. The summed E-state index contributed by atoms with van der Waals surface area (Å²) in [6.45, 7) is 1.82. The van der Waals surface area contributed by atoms with Crippen LogP contribution in [0.25, 0.3) is 16.9 Å². The van der Waals surface area contributed by atoms with Crippen LogP contribution in [0, 0.1) is 5.82 Å². The lowest BCUT2D eigenvalue weighted by Crippen LogP contribution is -2.13. The zero-order valence-corrected chi connectivity index (χ0v) is 13.4. The van der Waals surface area contributed by atoms with Gasteiger partial charge in [0.2, 0.25) is 0 Å². The summed E-state index contributed by atoms with van der Waals surface area (Å²) in [7, 11) is 1.56. The van der Waals surface area contributed by atoms with E-state index in [2.05, 4.69) is 4.98 Å². The SMILES string of the molecule is CCC(C(=O)O)c1c(-c2ccc(F)cc2)nc2cc(OC)ccn12. The lowest BCUT2D eigenvalue weighted by atomic mass is 9.97. The van der Waals surface area contributed by atoms with Crippen molar-refractivity contribution in [2.24, 2.45) is 0 Å². The van der Waals surface area contributed by atoms with Crippen LogP contribution in [0.15, 0.2) is 42.6 Å². The largest absolute Gasteiger partial charge is 0.497 e. The molecule has 0 aliphatic rings. The third-order valence-electron chi connectivity index (χ3n) is 4.02. The monoisotopic (exact) mass is 328 g/mol. The Hall–Kier alpha value is -2.89. The second kappa shape index (κ2) is 6.31. The van der Waals surface area contributed by atoms with E-state index in [1.807, 2.05) is 6.92 Å². The second-order valence-electron chi connectivity index (χ2n) is 5.45. The van der Waals surface area contributed by atoms with Crippen molar-refractivity contribution in [3.05, 3.63) is 54.1 Å². The average molecular weight is 328 g/mol. The molecule has 0 saturated heterocycles. The minimum absolute atomic E-state index is 0.351. The third-order valence-corrected chi connectivity index (χ3v) is 4.02. The summed E-state index contributed by atoms with van der Waals surface area (Å²) in [4.78, 5) is 16.3. The molecule has 3 aromatic rings. The van der Waals surface area contributed by atoms with Crippen LogP contribution in [0.1, 0.15) is 25.0 Å². The molecule has 3 rings (SSSR count). The van der Waals surface area contributed by atoms with E-state index in [4.69, 9.17) is 4.74 Å². The molecular weight excluding hydrogens is 311 g/mol. The van der Waals surface area contributed by atoms with Gasteiger partial charge in [-0.25, -0.2) is 9.37 Å². The average Bonchev–Trinajstić information content (AvgIpc) is 2.94. The molecular formula is C18H17FN2O3. The molecule has 0 fully saturated rings. The normalized spacial score (nSPS) is 12.3. The van der Waals surface area contributed by atoms with E-state index in [1.165, 1.54) is 12.1 Å². The van der Waals surface area contributed by atoms with E-state index in [1.54, 1.807) is 42.0 Å². The lowest BCUT2D eigenvalue weighted by molar-refractivity contribution is -0.138. The Morgan fingerprint density at radius 1 is 1.33 bits per heavy atom. The van der Waals surface area contributed by atoms with Gasteiger partial charge in [-0.3, -0.25) is 4.79 Å². The highest BCUT2D eigenvalue weighted by Gasteiger charge is 2.27. The minimum atomic E-state index is -0.918. The zero-order chi connectivity index (χ0) is 17.3. The molecule has 1 atom stereocenters. The maximum absolute atomic E-state index is 13.2. The Labute approximate surface area is 138 Å².